The quantitative estimate of drug-likeness (QED) is 0.756. The van der Waals surface area contributed by atoms with Crippen LogP contribution in [0.4, 0.5) is 11.7 Å². The zero-order chi connectivity index (χ0) is 18.1. The molecule has 0 unspecified atom stereocenters. The molecule has 0 spiro atoms. The third-order valence-electron chi connectivity index (χ3n) is 4.62. The molecule has 0 saturated heterocycles. The molecule has 1 aliphatic rings. The summed E-state index contributed by atoms with van der Waals surface area (Å²) >= 11 is 0. The molecule has 0 saturated carbocycles. The summed E-state index contributed by atoms with van der Waals surface area (Å²) in [5.41, 5.74) is 3.83. The molecular weight excluding hydrogens is 330 g/mol. The lowest BCUT2D eigenvalue weighted by Crippen LogP contribution is -2.21. The number of fused-ring (bicyclic) bond motifs is 2. The van der Waals surface area contributed by atoms with Gasteiger partial charge in [0.1, 0.15) is 11.3 Å². The van der Waals surface area contributed by atoms with E-state index in [-0.39, 0.29) is 5.91 Å². The van der Waals surface area contributed by atoms with Gasteiger partial charge in [-0.1, -0.05) is 0 Å². The minimum absolute atomic E-state index is 0.147. The first-order valence-electron chi connectivity index (χ1n) is 8.90. The van der Waals surface area contributed by atoms with Gasteiger partial charge in [-0.3, -0.25) is 4.79 Å². The lowest BCUT2D eigenvalue weighted by molar-refractivity contribution is 0.102. The van der Waals surface area contributed by atoms with E-state index in [0.29, 0.717) is 29.5 Å². The molecule has 4 rings (SSSR count). The van der Waals surface area contributed by atoms with Crippen molar-refractivity contribution < 1.29 is 13.9 Å². The Bertz CT molecular complexity index is 960. The summed E-state index contributed by atoms with van der Waals surface area (Å²) in [4.78, 5) is 19.1. The van der Waals surface area contributed by atoms with Crippen molar-refractivity contribution >= 4 is 28.7 Å². The molecule has 6 nitrogen and oxygen atoms in total. The lowest BCUT2D eigenvalue weighted by atomic mass is 10.1. The van der Waals surface area contributed by atoms with Crippen molar-refractivity contribution in [1.29, 1.82) is 0 Å². The monoisotopic (exact) mass is 351 g/mol. The van der Waals surface area contributed by atoms with Crippen molar-refractivity contribution in [3.05, 3.63) is 47.5 Å². The number of nitrogens with one attached hydrogen (secondary N) is 1. The summed E-state index contributed by atoms with van der Waals surface area (Å²) in [6.07, 6.45) is 0.843. The SMILES string of the molecule is CCN(CC)c1nc2cc(NC(=O)c3ccc4c(c3)CCO4)ccc2o1. The van der Waals surface area contributed by atoms with Crippen LogP contribution in [0.5, 0.6) is 5.75 Å². The number of hydrogen-bond donors (Lipinski definition) is 1. The van der Waals surface area contributed by atoms with Gasteiger partial charge < -0.3 is 19.4 Å². The third-order valence-corrected chi connectivity index (χ3v) is 4.62. The van der Waals surface area contributed by atoms with Crippen LogP contribution in [-0.4, -0.2) is 30.6 Å². The molecule has 26 heavy (non-hydrogen) atoms. The van der Waals surface area contributed by atoms with Crippen LogP contribution in [0, 0.1) is 0 Å². The normalized spacial score (nSPS) is 12.7. The number of oxazole rings is 1. The van der Waals surface area contributed by atoms with E-state index in [1.165, 1.54) is 0 Å². The predicted octanol–water partition coefficient (Wildman–Crippen LogP) is 3.86. The molecule has 0 radical (unpaired) electrons. The molecule has 0 atom stereocenters. The van der Waals surface area contributed by atoms with Crippen LogP contribution in [0.2, 0.25) is 0 Å². The van der Waals surface area contributed by atoms with Crippen LogP contribution in [0.3, 0.4) is 0 Å². The summed E-state index contributed by atoms with van der Waals surface area (Å²) in [7, 11) is 0. The number of amides is 1. The highest BCUT2D eigenvalue weighted by Crippen LogP contribution is 2.27. The van der Waals surface area contributed by atoms with Gasteiger partial charge in [0.25, 0.3) is 11.9 Å². The maximum absolute atomic E-state index is 12.6. The Morgan fingerprint density at radius 2 is 2.04 bits per heavy atom. The van der Waals surface area contributed by atoms with Gasteiger partial charge >= 0.3 is 0 Å². The summed E-state index contributed by atoms with van der Waals surface area (Å²) < 4.78 is 11.3. The van der Waals surface area contributed by atoms with Crippen LogP contribution in [0.1, 0.15) is 29.8 Å². The van der Waals surface area contributed by atoms with E-state index in [0.717, 1.165) is 36.3 Å². The number of rotatable bonds is 5. The molecular formula is C20H21N3O3. The molecule has 0 fully saturated rings. The molecule has 1 N–H and O–H groups in total. The second-order valence-electron chi connectivity index (χ2n) is 6.23. The molecule has 1 aliphatic heterocycles. The van der Waals surface area contributed by atoms with Gasteiger partial charge in [0.05, 0.1) is 6.61 Å². The van der Waals surface area contributed by atoms with E-state index in [4.69, 9.17) is 9.15 Å². The van der Waals surface area contributed by atoms with Gasteiger partial charge in [0, 0.05) is 30.8 Å². The van der Waals surface area contributed by atoms with Gasteiger partial charge in [-0.05, 0) is 55.8 Å². The van der Waals surface area contributed by atoms with E-state index >= 15 is 0 Å². The van der Waals surface area contributed by atoms with E-state index in [1.807, 2.05) is 35.2 Å². The molecule has 3 aromatic rings. The number of benzene rings is 2. The average molecular weight is 351 g/mol. The van der Waals surface area contributed by atoms with Crippen molar-refractivity contribution in [1.82, 2.24) is 4.98 Å². The van der Waals surface area contributed by atoms with Crippen molar-refractivity contribution in [2.24, 2.45) is 0 Å². The minimum atomic E-state index is -0.147. The number of carbonyl (C=O) groups excluding carboxylic acids is 1. The summed E-state index contributed by atoms with van der Waals surface area (Å²) in [6.45, 7) is 6.46. The van der Waals surface area contributed by atoms with Crippen LogP contribution in [-0.2, 0) is 6.42 Å². The standard InChI is InChI=1S/C20H21N3O3/c1-3-23(4-2)20-22-16-12-15(6-8-18(16)26-20)21-19(24)14-5-7-17-13(11-14)9-10-25-17/h5-8,11-12H,3-4,9-10H2,1-2H3,(H,21,24). The predicted molar refractivity (Wildman–Crippen MR) is 101 cm³/mol. The zero-order valence-corrected chi connectivity index (χ0v) is 14.9. The second-order valence-corrected chi connectivity index (χ2v) is 6.23. The van der Waals surface area contributed by atoms with Crippen molar-refractivity contribution in [3.8, 4) is 5.75 Å². The highest BCUT2D eigenvalue weighted by Gasteiger charge is 2.16. The van der Waals surface area contributed by atoms with Crippen molar-refractivity contribution in [2.45, 2.75) is 20.3 Å². The van der Waals surface area contributed by atoms with Gasteiger partial charge in [0.15, 0.2) is 5.58 Å². The Balaban J connectivity index is 1.56. The Kier molecular flexibility index (Phi) is 4.24. The molecule has 0 aliphatic carbocycles. The van der Waals surface area contributed by atoms with E-state index in [1.54, 1.807) is 6.07 Å². The number of ether oxygens (including phenoxy) is 1. The van der Waals surface area contributed by atoms with Gasteiger partial charge in [-0.2, -0.15) is 4.98 Å². The van der Waals surface area contributed by atoms with Gasteiger partial charge in [0.2, 0.25) is 0 Å². The first kappa shape index (κ1) is 16.4. The number of hydrogen-bond acceptors (Lipinski definition) is 5. The maximum atomic E-state index is 12.6. The zero-order valence-electron chi connectivity index (χ0n) is 14.9. The summed E-state index contributed by atoms with van der Waals surface area (Å²) in [5.74, 6) is 0.723. The smallest absolute Gasteiger partial charge is 0.298 e. The van der Waals surface area contributed by atoms with Gasteiger partial charge in [-0.15, -0.1) is 0 Å². The summed E-state index contributed by atoms with van der Waals surface area (Å²) in [5, 5.41) is 2.93. The van der Waals surface area contributed by atoms with E-state index in [2.05, 4.69) is 24.1 Å². The molecule has 2 heterocycles. The molecule has 0 bridgehead atoms. The van der Waals surface area contributed by atoms with Crippen LogP contribution in [0.15, 0.2) is 40.8 Å². The Morgan fingerprint density at radius 1 is 1.19 bits per heavy atom. The Morgan fingerprint density at radius 3 is 2.85 bits per heavy atom. The number of anilines is 2. The summed E-state index contributed by atoms with van der Waals surface area (Å²) in [6, 6.07) is 11.6. The molecule has 134 valence electrons. The first-order chi connectivity index (χ1) is 12.7. The maximum Gasteiger partial charge on any atom is 0.298 e. The first-order valence-corrected chi connectivity index (χ1v) is 8.90. The van der Waals surface area contributed by atoms with Crippen LogP contribution >= 0.6 is 0 Å². The highest BCUT2D eigenvalue weighted by atomic mass is 16.5. The fourth-order valence-electron chi connectivity index (χ4n) is 3.15. The number of nitrogens with zero attached hydrogens (tertiary/aromatic N) is 2. The average Bonchev–Trinajstić information content (AvgIpc) is 3.28. The molecule has 1 amide bonds. The lowest BCUT2D eigenvalue weighted by Gasteiger charge is -2.14. The number of carbonyl (C=O) groups is 1. The van der Waals surface area contributed by atoms with Crippen molar-refractivity contribution in [2.75, 3.05) is 29.9 Å². The second kappa shape index (κ2) is 6.71. The third kappa shape index (κ3) is 2.98. The molecule has 6 heteroatoms. The number of aromatic nitrogens is 1. The van der Waals surface area contributed by atoms with Crippen LogP contribution < -0.4 is 15.0 Å². The van der Waals surface area contributed by atoms with Gasteiger partial charge in [-0.25, -0.2) is 0 Å². The Labute approximate surface area is 151 Å². The Hall–Kier alpha value is -3.02. The van der Waals surface area contributed by atoms with Crippen LogP contribution in [0.25, 0.3) is 11.1 Å². The van der Waals surface area contributed by atoms with E-state index in [9.17, 15) is 4.79 Å². The van der Waals surface area contributed by atoms with E-state index < -0.39 is 0 Å². The topological polar surface area (TPSA) is 67.6 Å². The minimum Gasteiger partial charge on any atom is -0.493 e. The molecule has 2 aromatic carbocycles. The fraction of sp³-hybridized carbons (Fsp3) is 0.300. The molecule has 1 aromatic heterocycles. The van der Waals surface area contributed by atoms with Crippen molar-refractivity contribution in [3.63, 3.8) is 0 Å². The largest absolute Gasteiger partial charge is 0.493 e. The fourth-order valence-corrected chi connectivity index (χ4v) is 3.15. The highest BCUT2D eigenvalue weighted by molar-refractivity contribution is 6.05.